The molecule has 30 heavy (non-hydrogen) atoms. The van der Waals surface area contributed by atoms with Crippen LogP contribution >= 0.6 is 11.8 Å². The minimum atomic E-state index is -0.263. The molecular weight excluding hydrogens is 396 g/mol. The van der Waals surface area contributed by atoms with Gasteiger partial charge in [0.05, 0.1) is 5.75 Å². The van der Waals surface area contributed by atoms with Gasteiger partial charge in [0, 0.05) is 12.7 Å². The largest absolute Gasteiger partial charge is 0.482 e. The summed E-state index contributed by atoms with van der Waals surface area (Å²) in [5.41, 5.74) is 5.37. The number of nitrogens with zero attached hydrogens (tertiary/aromatic N) is 3. The quantitative estimate of drug-likeness (QED) is 0.545. The van der Waals surface area contributed by atoms with Gasteiger partial charge in [-0.15, -0.1) is 10.2 Å². The molecule has 0 spiro atoms. The lowest BCUT2D eigenvalue weighted by molar-refractivity contribution is -0.113. The molecule has 0 saturated carbocycles. The zero-order valence-corrected chi connectivity index (χ0v) is 19.1. The Morgan fingerprint density at radius 1 is 1.07 bits per heavy atom. The number of anilines is 1. The highest BCUT2D eigenvalue weighted by Gasteiger charge is 2.19. The minimum absolute atomic E-state index is 0.0714. The standard InChI is InChI=1S/C23H28N4O2S/c1-14-9-7-11-19(16(14)3)24-21(28)13-30-23-26-25-22(27(23)6)18(5)29-20-12-8-10-15(2)17(20)4/h7-12,18H,13H2,1-6H3,(H,24,28). The number of ether oxygens (including phenoxy) is 1. The molecule has 6 nitrogen and oxygen atoms in total. The highest BCUT2D eigenvalue weighted by atomic mass is 32.2. The predicted molar refractivity (Wildman–Crippen MR) is 121 cm³/mol. The van der Waals surface area contributed by atoms with Gasteiger partial charge in [-0.3, -0.25) is 4.79 Å². The van der Waals surface area contributed by atoms with E-state index in [1.165, 1.54) is 17.3 Å². The molecule has 0 aliphatic carbocycles. The molecule has 1 unspecified atom stereocenters. The molecule has 3 rings (SSSR count). The van der Waals surface area contributed by atoms with Crippen molar-refractivity contribution in [2.45, 2.75) is 45.9 Å². The summed E-state index contributed by atoms with van der Waals surface area (Å²) >= 11 is 1.36. The summed E-state index contributed by atoms with van der Waals surface area (Å²) in [5, 5.41) is 12.2. The number of aromatic nitrogens is 3. The molecule has 2 aromatic carbocycles. The van der Waals surface area contributed by atoms with Crippen LogP contribution in [0.3, 0.4) is 0 Å². The second-order valence-electron chi connectivity index (χ2n) is 7.44. The SMILES string of the molecule is Cc1cccc(NC(=O)CSc2nnc(C(C)Oc3cccc(C)c3C)n2C)c1C. The fraction of sp³-hybridized carbons (Fsp3) is 0.348. The first-order chi connectivity index (χ1) is 14.3. The molecule has 1 heterocycles. The minimum Gasteiger partial charge on any atom is -0.482 e. The molecule has 1 amide bonds. The zero-order valence-electron chi connectivity index (χ0n) is 18.3. The molecule has 158 valence electrons. The van der Waals surface area contributed by atoms with Gasteiger partial charge < -0.3 is 14.6 Å². The zero-order chi connectivity index (χ0) is 21.8. The van der Waals surface area contributed by atoms with Crippen LogP contribution in [0.15, 0.2) is 41.6 Å². The van der Waals surface area contributed by atoms with Gasteiger partial charge in [-0.05, 0) is 69.0 Å². The highest BCUT2D eigenvalue weighted by molar-refractivity contribution is 7.99. The van der Waals surface area contributed by atoms with Gasteiger partial charge in [-0.25, -0.2) is 0 Å². The fourth-order valence-corrected chi connectivity index (χ4v) is 3.82. The van der Waals surface area contributed by atoms with Gasteiger partial charge in [0.1, 0.15) is 5.75 Å². The van der Waals surface area contributed by atoms with Crippen molar-refractivity contribution in [3.8, 4) is 5.75 Å². The first-order valence-electron chi connectivity index (χ1n) is 9.89. The van der Waals surface area contributed by atoms with Crippen LogP contribution in [0.1, 0.15) is 41.1 Å². The average Bonchev–Trinajstić information content (AvgIpc) is 3.08. The lowest BCUT2D eigenvalue weighted by Crippen LogP contribution is -2.16. The third-order valence-electron chi connectivity index (χ3n) is 5.30. The summed E-state index contributed by atoms with van der Waals surface area (Å²) in [6.07, 6.45) is -0.263. The first kappa shape index (κ1) is 21.9. The normalized spacial score (nSPS) is 11.9. The van der Waals surface area contributed by atoms with Crippen molar-refractivity contribution in [1.29, 1.82) is 0 Å². The summed E-state index contributed by atoms with van der Waals surface area (Å²) in [6, 6.07) is 11.9. The topological polar surface area (TPSA) is 69.0 Å². The molecular formula is C23H28N4O2S. The van der Waals surface area contributed by atoms with Crippen molar-refractivity contribution >= 4 is 23.4 Å². The first-order valence-corrected chi connectivity index (χ1v) is 10.9. The number of nitrogens with one attached hydrogen (secondary N) is 1. The predicted octanol–water partition coefficient (Wildman–Crippen LogP) is 4.92. The van der Waals surface area contributed by atoms with E-state index in [2.05, 4.69) is 28.5 Å². The molecule has 0 aliphatic rings. The maximum absolute atomic E-state index is 12.4. The highest BCUT2D eigenvalue weighted by Crippen LogP contribution is 2.27. The van der Waals surface area contributed by atoms with Crippen LogP contribution in [0.4, 0.5) is 5.69 Å². The summed E-state index contributed by atoms with van der Waals surface area (Å²) in [4.78, 5) is 12.4. The van der Waals surface area contributed by atoms with E-state index in [1.807, 2.05) is 69.6 Å². The Morgan fingerprint density at radius 2 is 1.73 bits per heavy atom. The van der Waals surface area contributed by atoms with Gasteiger partial charge in [0.15, 0.2) is 17.1 Å². The number of carbonyl (C=O) groups is 1. The molecule has 0 radical (unpaired) electrons. The van der Waals surface area contributed by atoms with Crippen molar-refractivity contribution in [3.63, 3.8) is 0 Å². The van der Waals surface area contributed by atoms with Crippen LogP contribution < -0.4 is 10.1 Å². The molecule has 0 bridgehead atoms. The fourth-order valence-electron chi connectivity index (χ4n) is 3.10. The van der Waals surface area contributed by atoms with Gasteiger partial charge in [0.25, 0.3) is 0 Å². The Balaban J connectivity index is 1.63. The number of rotatable bonds is 7. The summed E-state index contributed by atoms with van der Waals surface area (Å²) in [5.74, 6) is 1.74. The maximum atomic E-state index is 12.4. The Kier molecular flexibility index (Phi) is 6.82. The lowest BCUT2D eigenvalue weighted by Gasteiger charge is -2.17. The van der Waals surface area contributed by atoms with E-state index in [0.717, 1.165) is 28.1 Å². The van der Waals surface area contributed by atoms with Gasteiger partial charge in [-0.1, -0.05) is 36.0 Å². The van der Waals surface area contributed by atoms with Crippen molar-refractivity contribution in [2.75, 3.05) is 11.1 Å². The van der Waals surface area contributed by atoms with Crippen LogP contribution in [-0.2, 0) is 11.8 Å². The van der Waals surface area contributed by atoms with E-state index in [1.54, 1.807) is 0 Å². The van der Waals surface area contributed by atoms with Crippen molar-refractivity contribution in [2.24, 2.45) is 7.05 Å². The number of benzene rings is 2. The van der Waals surface area contributed by atoms with Crippen LogP contribution in [0.25, 0.3) is 0 Å². The maximum Gasteiger partial charge on any atom is 0.234 e. The average molecular weight is 425 g/mol. The van der Waals surface area contributed by atoms with E-state index in [-0.39, 0.29) is 17.8 Å². The Hall–Kier alpha value is -2.80. The number of aryl methyl sites for hydroxylation is 2. The second-order valence-corrected chi connectivity index (χ2v) is 8.38. The summed E-state index contributed by atoms with van der Waals surface area (Å²) in [7, 11) is 1.89. The van der Waals surface area contributed by atoms with Crippen LogP contribution in [0.5, 0.6) is 5.75 Å². The van der Waals surface area contributed by atoms with E-state index in [4.69, 9.17) is 4.74 Å². The molecule has 7 heteroatoms. The van der Waals surface area contributed by atoms with Gasteiger partial charge in [-0.2, -0.15) is 0 Å². The van der Waals surface area contributed by atoms with Gasteiger partial charge >= 0.3 is 0 Å². The molecule has 1 atom stereocenters. The second kappa shape index (κ2) is 9.34. The van der Waals surface area contributed by atoms with Crippen molar-refractivity contribution in [3.05, 3.63) is 64.5 Å². The molecule has 0 saturated heterocycles. The molecule has 0 fully saturated rings. The Morgan fingerprint density at radius 3 is 2.47 bits per heavy atom. The smallest absolute Gasteiger partial charge is 0.234 e. The lowest BCUT2D eigenvalue weighted by atomic mass is 10.1. The summed E-state index contributed by atoms with van der Waals surface area (Å²) < 4.78 is 8.00. The number of hydrogen-bond acceptors (Lipinski definition) is 5. The number of carbonyl (C=O) groups excluding carboxylic acids is 1. The number of amides is 1. The van der Waals surface area contributed by atoms with E-state index >= 15 is 0 Å². The van der Waals surface area contributed by atoms with E-state index in [9.17, 15) is 4.79 Å². The van der Waals surface area contributed by atoms with Crippen LogP contribution in [0, 0.1) is 27.7 Å². The van der Waals surface area contributed by atoms with E-state index in [0.29, 0.717) is 11.0 Å². The third-order valence-corrected chi connectivity index (χ3v) is 6.32. The molecule has 0 aliphatic heterocycles. The molecule has 3 aromatic rings. The van der Waals surface area contributed by atoms with Crippen LogP contribution in [-0.4, -0.2) is 26.4 Å². The Bertz CT molecular complexity index is 1060. The molecule has 1 N–H and O–H groups in total. The van der Waals surface area contributed by atoms with Crippen molar-refractivity contribution < 1.29 is 9.53 Å². The van der Waals surface area contributed by atoms with E-state index < -0.39 is 0 Å². The number of hydrogen-bond donors (Lipinski definition) is 1. The Labute approximate surface area is 182 Å². The third kappa shape index (κ3) is 4.84. The monoisotopic (exact) mass is 424 g/mol. The number of thioether (sulfide) groups is 1. The van der Waals surface area contributed by atoms with Gasteiger partial charge in [0.2, 0.25) is 5.91 Å². The summed E-state index contributed by atoms with van der Waals surface area (Å²) in [6.45, 7) is 10.1. The van der Waals surface area contributed by atoms with Crippen molar-refractivity contribution in [1.82, 2.24) is 14.8 Å². The molecule has 1 aromatic heterocycles. The van der Waals surface area contributed by atoms with Crippen LogP contribution in [0.2, 0.25) is 0 Å².